The monoisotopic (exact) mass is 383 g/mol. The van der Waals surface area contributed by atoms with Crippen LogP contribution in [0.2, 0.25) is 0 Å². The van der Waals surface area contributed by atoms with Crippen LogP contribution in [0, 0.1) is 0 Å². The predicted molar refractivity (Wildman–Crippen MR) is 89.2 cm³/mol. The number of nitrogens with zero attached hydrogens (tertiary/aromatic N) is 3. The Bertz CT molecular complexity index is 692. The van der Waals surface area contributed by atoms with Crippen LogP contribution in [0.1, 0.15) is 12.8 Å². The Balaban J connectivity index is 1.64. The first kappa shape index (κ1) is 15.8. The van der Waals surface area contributed by atoms with Crippen molar-refractivity contribution < 1.29 is 8.76 Å². The van der Waals surface area contributed by atoms with Crippen LogP contribution >= 0.6 is 15.9 Å². The van der Waals surface area contributed by atoms with Gasteiger partial charge in [0.1, 0.15) is 0 Å². The van der Waals surface area contributed by atoms with Crippen molar-refractivity contribution in [2.45, 2.75) is 18.9 Å². The van der Waals surface area contributed by atoms with E-state index in [9.17, 15) is 8.76 Å². The molecule has 6 nitrogen and oxygen atoms in total. The SMILES string of the molecule is O=S([O-])CN1CCC(Nc2ncc3cccc(Br)c3n2)CC1. The number of benzene rings is 1. The lowest BCUT2D eigenvalue weighted by molar-refractivity contribution is 0.247. The fourth-order valence-electron chi connectivity index (χ4n) is 2.63. The van der Waals surface area contributed by atoms with Gasteiger partial charge in [0.05, 0.1) is 11.4 Å². The van der Waals surface area contributed by atoms with Crippen molar-refractivity contribution in [2.24, 2.45) is 0 Å². The summed E-state index contributed by atoms with van der Waals surface area (Å²) in [6.45, 7) is 1.53. The Morgan fingerprint density at radius 3 is 2.91 bits per heavy atom. The zero-order valence-electron chi connectivity index (χ0n) is 11.9. The third-order valence-corrected chi connectivity index (χ3v) is 4.99. The van der Waals surface area contributed by atoms with E-state index in [-0.39, 0.29) is 11.9 Å². The second-order valence-corrected chi connectivity index (χ2v) is 7.06. The number of likely N-dealkylation sites (tertiary alicyclic amines) is 1. The van der Waals surface area contributed by atoms with E-state index >= 15 is 0 Å². The van der Waals surface area contributed by atoms with Gasteiger partial charge < -0.3 is 9.87 Å². The standard InChI is InChI=1S/C14H17BrN4O2S/c15-12-3-1-2-10-8-16-14(18-13(10)12)17-11-4-6-19(7-5-11)9-22(20)21/h1-3,8,11H,4-7,9H2,(H,20,21)(H,16,17,18)/p-1. The molecule has 3 rings (SSSR count). The Morgan fingerprint density at radius 1 is 1.41 bits per heavy atom. The van der Waals surface area contributed by atoms with E-state index in [1.165, 1.54) is 0 Å². The lowest BCUT2D eigenvalue weighted by Gasteiger charge is -2.32. The summed E-state index contributed by atoms with van der Waals surface area (Å²) in [6.07, 6.45) is 3.58. The number of anilines is 1. The zero-order valence-corrected chi connectivity index (χ0v) is 14.3. The zero-order chi connectivity index (χ0) is 15.5. The molecule has 0 radical (unpaired) electrons. The summed E-state index contributed by atoms with van der Waals surface area (Å²) in [7, 11) is 0. The van der Waals surface area contributed by atoms with Gasteiger partial charge in [-0.1, -0.05) is 12.1 Å². The van der Waals surface area contributed by atoms with E-state index in [2.05, 4.69) is 31.2 Å². The molecule has 1 fully saturated rings. The van der Waals surface area contributed by atoms with Crippen molar-refractivity contribution in [3.05, 3.63) is 28.9 Å². The number of rotatable bonds is 4. The number of fused-ring (bicyclic) bond motifs is 1. The van der Waals surface area contributed by atoms with Gasteiger partial charge in [-0.15, -0.1) is 0 Å². The summed E-state index contributed by atoms with van der Waals surface area (Å²) >= 11 is 1.50. The van der Waals surface area contributed by atoms with E-state index in [1.807, 2.05) is 29.3 Å². The number of nitrogens with one attached hydrogen (secondary N) is 1. The van der Waals surface area contributed by atoms with E-state index < -0.39 is 11.1 Å². The topological polar surface area (TPSA) is 81.2 Å². The molecular weight excluding hydrogens is 368 g/mol. The van der Waals surface area contributed by atoms with E-state index in [0.717, 1.165) is 41.3 Å². The first-order valence-electron chi connectivity index (χ1n) is 7.08. The number of aromatic nitrogens is 2. The summed E-state index contributed by atoms with van der Waals surface area (Å²) in [5.41, 5.74) is 0.888. The Hall–Kier alpha value is -1.09. The molecule has 1 unspecified atom stereocenters. The molecule has 0 aliphatic carbocycles. The maximum Gasteiger partial charge on any atom is 0.223 e. The van der Waals surface area contributed by atoms with Gasteiger partial charge in [0.15, 0.2) is 0 Å². The molecule has 0 saturated carbocycles. The lowest BCUT2D eigenvalue weighted by Crippen LogP contribution is -2.40. The number of hydrogen-bond acceptors (Lipinski definition) is 6. The van der Waals surface area contributed by atoms with Gasteiger partial charge in [-0.05, 0) is 45.9 Å². The van der Waals surface area contributed by atoms with Gasteiger partial charge >= 0.3 is 0 Å². The summed E-state index contributed by atoms with van der Waals surface area (Å²) in [6, 6.07) is 6.17. The first-order valence-corrected chi connectivity index (χ1v) is 9.11. The lowest BCUT2D eigenvalue weighted by atomic mass is 10.1. The highest BCUT2D eigenvalue weighted by molar-refractivity contribution is 9.10. The van der Waals surface area contributed by atoms with Crippen molar-refractivity contribution >= 4 is 43.9 Å². The number of hydrogen-bond donors (Lipinski definition) is 1. The van der Waals surface area contributed by atoms with Crippen LogP contribution in [0.15, 0.2) is 28.9 Å². The molecule has 22 heavy (non-hydrogen) atoms. The Morgan fingerprint density at radius 2 is 2.18 bits per heavy atom. The molecule has 0 amide bonds. The molecule has 1 aliphatic heterocycles. The van der Waals surface area contributed by atoms with Crippen molar-refractivity contribution in [3.63, 3.8) is 0 Å². The van der Waals surface area contributed by atoms with Gasteiger partial charge in [-0.2, -0.15) is 0 Å². The van der Waals surface area contributed by atoms with E-state index in [4.69, 9.17) is 0 Å². The summed E-state index contributed by atoms with van der Waals surface area (Å²) in [4.78, 5) is 10.9. The molecule has 1 aromatic heterocycles. The molecule has 1 aromatic carbocycles. The Labute approximate surface area is 139 Å². The average Bonchev–Trinajstić information content (AvgIpc) is 2.50. The molecule has 2 aromatic rings. The van der Waals surface area contributed by atoms with Crippen LogP contribution in [-0.2, 0) is 11.1 Å². The molecule has 8 heteroatoms. The number of piperidine rings is 1. The highest BCUT2D eigenvalue weighted by Gasteiger charge is 2.19. The van der Waals surface area contributed by atoms with E-state index in [0.29, 0.717) is 5.95 Å². The number of halogens is 1. The summed E-state index contributed by atoms with van der Waals surface area (Å²) in [5, 5.41) is 4.34. The molecule has 1 saturated heterocycles. The molecule has 0 spiro atoms. The maximum atomic E-state index is 10.7. The minimum atomic E-state index is -2.01. The number of para-hydroxylation sites is 1. The third-order valence-electron chi connectivity index (χ3n) is 3.77. The molecule has 2 heterocycles. The van der Waals surface area contributed by atoms with Crippen LogP contribution < -0.4 is 5.32 Å². The first-order chi connectivity index (χ1) is 10.6. The summed E-state index contributed by atoms with van der Waals surface area (Å²) in [5.74, 6) is 0.733. The van der Waals surface area contributed by atoms with Gasteiger partial charge in [0.2, 0.25) is 5.95 Å². The maximum absolute atomic E-state index is 10.7. The smallest absolute Gasteiger partial charge is 0.223 e. The van der Waals surface area contributed by atoms with Crippen LogP contribution in [0.5, 0.6) is 0 Å². The minimum absolute atomic E-state index is 0.117. The van der Waals surface area contributed by atoms with Crippen LogP contribution in [0.25, 0.3) is 10.9 Å². The second kappa shape index (κ2) is 6.99. The highest BCUT2D eigenvalue weighted by atomic mass is 79.9. The van der Waals surface area contributed by atoms with Crippen molar-refractivity contribution in [1.82, 2.24) is 14.9 Å². The van der Waals surface area contributed by atoms with Gasteiger partial charge in [0, 0.05) is 35.2 Å². The fraction of sp³-hybridized carbons (Fsp3) is 0.429. The van der Waals surface area contributed by atoms with Crippen molar-refractivity contribution in [2.75, 3.05) is 24.3 Å². The quantitative estimate of drug-likeness (QED) is 0.814. The summed E-state index contributed by atoms with van der Waals surface area (Å²) < 4.78 is 22.4. The highest BCUT2D eigenvalue weighted by Crippen LogP contribution is 2.23. The molecule has 1 atom stereocenters. The normalized spacial score (nSPS) is 18.5. The molecular formula is C14H16BrN4O2S-. The van der Waals surface area contributed by atoms with Crippen LogP contribution in [-0.4, -0.2) is 48.6 Å². The van der Waals surface area contributed by atoms with Gasteiger partial charge in [-0.3, -0.25) is 9.11 Å². The van der Waals surface area contributed by atoms with Gasteiger partial charge in [-0.25, -0.2) is 9.97 Å². The largest absolute Gasteiger partial charge is 0.771 e. The van der Waals surface area contributed by atoms with Crippen molar-refractivity contribution in [1.29, 1.82) is 0 Å². The Kier molecular flexibility index (Phi) is 5.02. The van der Waals surface area contributed by atoms with Crippen molar-refractivity contribution in [3.8, 4) is 0 Å². The molecule has 1 aliphatic rings. The molecule has 1 N–H and O–H groups in total. The third kappa shape index (κ3) is 3.81. The molecule has 118 valence electrons. The van der Waals surface area contributed by atoms with Crippen LogP contribution in [0.3, 0.4) is 0 Å². The molecule has 0 bridgehead atoms. The van der Waals surface area contributed by atoms with E-state index in [1.54, 1.807) is 0 Å². The van der Waals surface area contributed by atoms with Gasteiger partial charge in [0.25, 0.3) is 0 Å². The predicted octanol–water partition coefficient (Wildman–Crippen LogP) is 2.11. The second-order valence-electron chi connectivity index (χ2n) is 5.34. The fourth-order valence-corrected chi connectivity index (χ4v) is 3.65. The average molecular weight is 384 g/mol. The minimum Gasteiger partial charge on any atom is -0.771 e. The van der Waals surface area contributed by atoms with Crippen LogP contribution in [0.4, 0.5) is 5.95 Å².